The number of non-ortho nitro benzene ring substituents is 1. The molecule has 0 amide bonds. The Balaban J connectivity index is 3.01. The van der Waals surface area contributed by atoms with Gasteiger partial charge in [-0.25, -0.2) is 0 Å². The predicted molar refractivity (Wildman–Crippen MR) is 48.3 cm³/mol. The summed E-state index contributed by atoms with van der Waals surface area (Å²) in [5.74, 6) is 0. The van der Waals surface area contributed by atoms with Crippen LogP contribution in [0, 0.1) is 10.1 Å². The van der Waals surface area contributed by atoms with Gasteiger partial charge in [-0.15, -0.1) is 0 Å². The van der Waals surface area contributed by atoms with E-state index in [4.69, 9.17) is 0 Å². The zero-order chi connectivity index (χ0) is 10.1. The van der Waals surface area contributed by atoms with Crippen molar-refractivity contribution in [2.24, 2.45) is 0 Å². The Hall–Kier alpha value is -1.42. The molecule has 0 aliphatic carbocycles. The van der Waals surface area contributed by atoms with Gasteiger partial charge < -0.3 is 5.11 Å². The van der Waals surface area contributed by atoms with Crippen LogP contribution in [0.3, 0.4) is 0 Å². The van der Waals surface area contributed by atoms with Crippen LogP contribution in [0.15, 0.2) is 24.3 Å². The van der Waals surface area contributed by atoms with Crippen LogP contribution in [-0.4, -0.2) is 10.0 Å². The summed E-state index contributed by atoms with van der Waals surface area (Å²) < 4.78 is 0. The lowest BCUT2D eigenvalue weighted by molar-refractivity contribution is -0.384. The summed E-state index contributed by atoms with van der Waals surface area (Å²) in [4.78, 5) is 9.84. The molecule has 0 spiro atoms. The number of rotatable bonds is 2. The Bertz CT molecular complexity index is 311. The minimum absolute atomic E-state index is 0.0352. The van der Waals surface area contributed by atoms with Crippen LogP contribution < -0.4 is 0 Å². The molecule has 0 fully saturated rings. The lowest BCUT2D eigenvalue weighted by Crippen LogP contribution is -2.14. The van der Waals surface area contributed by atoms with E-state index in [1.807, 2.05) is 0 Å². The smallest absolute Gasteiger partial charge is 0.269 e. The van der Waals surface area contributed by atoms with Crippen LogP contribution >= 0.6 is 0 Å². The van der Waals surface area contributed by atoms with E-state index in [1.165, 1.54) is 12.1 Å². The number of nitrogens with zero attached hydrogens (tertiary/aromatic N) is 1. The van der Waals surface area contributed by atoms with Crippen molar-refractivity contribution in [2.75, 3.05) is 0 Å². The van der Waals surface area contributed by atoms with E-state index in [0.717, 1.165) is 0 Å². The van der Waals surface area contributed by atoms with Crippen LogP contribution in [0.1, 0.15) is 19.4 Å². The fourth-order valence-electron chi connectivity index (χ4n) is 0.991. The predicted octanol–water partition coefficient (Wildman–Crippen LogP) is 1.82. The second-order valence-electron chi connectivity index (χ2n) is 3.36. The molecule has 0 aliphatic heterocycles. The molecule has 0 unspecified atom stereocenters. The third kappa shape index (κ3) is 2.26. The van der Waals surface area contributed by atoms with E-state index < -0.39 is 10.5 Å². The summed E-state index contributed by atoms with van der Waals surface area (Å²) in [6.45, 7) is 3.27. The molecule has 70 valence electrons. The third-order valence-electron chi connectivity index (χ3n) is 1.78. The maximum absolute atomic E-state index is 10.3. The van der Waals surface area contributed by atoms with Gasteiger partial charge in [0.25, 0.3) is 5.69 Å². The normalized spacial score (nSPS) is 11.3. The first-order valence-electron chi connectivity index (χ1n) is 3.88. The van der Waals surface area contributed by atoms with E-state index in [0.29, 0.717) is 5.56 Å². The van der Waals surface area contributed by atoms with Gasteiger partial charge in [-0.1, -0.05) is 0 Å². The monoisotopic (exact) mass is 181 g/mol. The Morgan fingerprint density at radius 2 is 1.77 bits per heavy atom. The average molecular weight is 181 g/mol. The summed E-state index contributed by atoms with van der Waals surface area (Å²) in [6, 6.07) is 5.87. The molecule has 1 aromatic rings. The number of benzene rings is 1. The highest BCUT2D eigenvalue weighted by atomic mass is 16.6. The fourth-order valence-corrected chi connectivity index (χ4v) is 0.991. The molecule has 0 bridgehead atoms. The van der Waals surface area contributed by atoms with E-state index in [9.17, 15) is 15.2 Å². The SMILES string of the molecule is CC(C)(O)c1ccc([N+](=O)[O-])cc1. The topological polar surface area (TPSA) is 63.4 Å². The molecular formula is C9H11NO3. The standard InChI is InChI=1S/C9H11NO3/c1-9(2,11)7-3-5-8(6-4-7)10(12)13/h3-6,11H,1-2H3. The molecule has 1 aromatic carbocycles. The molecule has 1 N–H and O–H groups in total. The first-order valence-corrected chi connectivity index (χ1v) is 3.88. The van der Waals surface area contributed by atoms with E-state index in [1.54, 1.807) is 26.0 Å². The number of hydrogen-bond acceptors (Lipinski definition) is 3. The number of nitro benzene ring substituents is 1. The van der Waals surface area contributed by atoms with Crippen molar-refractivity contribution in [3.8, 4) is 0 Å². The highest BCUT2D eigenvalue weighted by molar-refractivity contribution is 5.34. The summed E-state index contributed by atoms with van der Waals surface area (Å²) in [6.07, 6.45) is 0. The molecule has 4 nitrogen and oxygen atoms in total. The highest BCUT2D eigenvalue weighted by Gasteiger charge is 2.16. The first kappa shape index (κ1) is 9.67. The molecule has 0 saturated heterocycles. The molecule has 0 aliphatic rings. The Morgan fingerprint density at radius 1 is 1.31 bits per heavy atom. The van der Waals surface area contributed by atoms with Crippen molar-refractivity contribution in [3.63, 3.8) is 0 Å². The summed E-state index contributed by atoms with van der Waals surface area (Å²) in [7, 11) is 0. The Morgan fingerprint density at radius 3 is 2.08 bits per heavy atom. The second-order valence-corrected chi connectivity index (χ2v) is 3.36. The lowest BCUT2D eigenvalue weighted by Gasteiger charge is -2.16. The molecular weight excluding hydrogens is 170 g/mol. The van der Waals surface area contributed by atoms with Crippen molar-refractivity contribution < 1.29 is 10.0 Å². The molecule has 13 heavy (non-hydrogen) atoms. The Labute approximate surface area is 76.0 Å². The van der Waals surface area contributed by atoms with Gasteiger partial charge >= 0.3 is 0 Å². The van der Waals surface area contributed by atoms with Gasteiger partial charge in [0.2, 0.25) is 0 Å². The van der Waals surface area contributed by atoms with Crippen LogP contribution in [0.5, 0.6) is 0 Å². The van der Waals surface area contributed by atoms with Crippen LogP contribution in [-0.2, 0) is 5.60 Å². The molecule has 0 aromatic heterocycles. The fraction of sp³-hybridized carbons (Fsp3) is 0.333. The molecule has 1 rings (SSSR count). The van der Waals surface area contributed by atoms with Crippen molar-refractivity contribution in [1.29, 1.82) is 0 Å². The first-order chi connectivity index (χ1) is 5.91. The van der Waals surface area contributed by atoms with Gasteiger partial charge in [0.15, 0.2) is 0 Å². The molecule has 4 heteroatoms. The maximum atomic E-state index is 10.3. The van der Waals surface area contributed by atoms with E-state index in [2.05, 4.69) is 0 Å². The van der Waals surface area contributed by atoms with Gasteiger partial charge in [-0.05, 0) is 31.5 Å². The van der Waals surface area contributed by atoms with Crippen molar-refractivity contribution in [3.05, 3.63) is 39.9 Å². The van der Waals surface area contributed by atoms with Gasteiger partial charge in [-0.3, -0.25) is 10.1 Å². The zero-order valence-corrected chi connectivity index (χ0v) is 7.52. The van der Waals surface area contributed by atoms with Crippen LogP contribution in [0.25, 0.3) is 0 Å². The highest BCUT2D eigenvalue weighted by Crippen LogP contribution is 2.21. The maximum Gasteiger partial charge on any atom is 0.269 e. The largest absolute Gasteiger partial charge is 0.386 e. The van der Waals surface area contributed by atoms with Gasteiger partial charge in [0.1, 0.15) is 0 Å². The molecule has 0 atom stereocenters. The summed E-state index contributed by atoms with van der Waals surface area (Å²) in [5, 5.41) is 19.9. The van der Waals surface area contributed by atoms with Crippen molar-refractivity contribution >= 4 is 5.69 Å². The zero-order valence-electron chi connectivity index (χ0n) is 7.52. The second kappa shape index (κ2) is 3.14. The average Bonchev–Trinajstić information content (AvgIpc) is 2.03. The number of hydrogen-bond donors (Lipinski definition) is 1. The quantitative estimate of drug-likeness (QED) is 0.559. The van der Waals surface area contributed by atoms with Crippen molar-refractivity contribution in [1.82, 2.24) is 0 Å². The summed E-state index contributed by atoms with van der Waals surface area (Å²) in [5.41, 5.74) is -0.249. The van der Waals surface area contributed by atoms with Crippen LogP contribution in [0.4, 0.5) is 5.69 Å². The van der Waals surface area contributed by atoms with E-state index in [-0.39, 0.29) is 5.69 Å². The summed E-state index contributed by atoms with van der Waals surface area (Å²) >= 11 is 0. The minimum Gasteiger partial charge on any atom is -0.386 e. The Kier molecular flexibility index (Phi) is 2.34. The number of aliphatic hydroxyl groups is 1. The molecule has 0 heterocycles. The van der Waals surface area contributed by atoms with Gasteiger partial charge in [0, 0.05) is 12.1 Å². The number of nitro groups is 1. The van der Waals surface area contributed by atoms with Gasteiger partial charge in [0.05, 0.1) is 10.5 Å². The van der Waals surface area contributed by atoms with E-state index >= 15 is 0 Å². The van der Waals surface area contributed by atoms with Gasteiger partial charge in [-0.2, -0.15) is 0 Å². The lowest BCUT2D eigenvalue weighted by atomic mass is 9.98. The third-order valence-corrected chi connectivity index (χ3v) is 1.78. The van der Waals surface area contributed by atoms with Crippen LogP contribution in [0.2, 0.25) is 0 Å². The van der Waals surface area contributed by atoms with Crippen molar-refractivity contribution in [2.45, 2.75) is 19.4 Å². The molecule has 0 saturated carbocycles. The minimum atomic E-state index is -0.949. The molecule has 0 radical (unpaired) electrons.